The molecule has 13 heavy (non-hydrogen) atoms. The van der Waals surface area contributed by atoms with Crippen LogP contribution in [0.2, 0.25) is 0 Å². The van der Waals surface area contributed by atoms with Crippen molar-refractivity contribution < 1.29 is 14.3 Å². The van der Waals surface area contributed by atoms with Gasteiger partial charge in [-0.25, -0.2) is 4.79 Å². The fourth-order valence-corrected chi connectivity index (χ4v) is 2.32. The number of carbonyl (C=O) groups is 2. The molecule has 4 nitrogen and oxygen atoms in total. The molecule has 2 atom stereocenters. The minimum absolute atomic E-state index is 0.0964. The number of ether oxygens (including phenoxy) is 1. The average molecular weight is 183 g/mol. The first-order valence-electron chi connectivity index (χ1n) is 4.58. The van der Waals surface area contributed by atoms with Gasteiger partial charge in [-0.3, -0.25) is 4.79 Å². The van der Waals surface area contributed by atoms with Crippen molar-refractivity contribution in [3.05, 3.63) is 0 Å². The summed E-state index contributed by atoms with van der Waals surface area (Å²) in [7, 11) is 1.37. The number of methoxy groups -OCH3 is 1. The van der Waals surface area contributed by atoms with Crippen LogP contribution in [-0.2, 0) is 9.53 Å². The number of hydrogen-bond acceptors (Lipinski definition) is 3. The summed E-state index contributed by atoms with van der Waals surface area (Å²) >= 11 is 0. The zero-order chi connectivity index (χ0) is 9.42. The lowest BCUT2D eigenvalue weighted by molar-refractivity contribution is -0.120. The number of amides is 1. The summed E-state index contributed by atoms with van der Waals surface area (Å²) in [5.41, 5.74) is 0. The fraction of sp³-hybridized carbons (Fsp3) is 0.778. The van der Waals surface area contributed by atoms with Crippen LogP contribution in [0.1, 0.15) is 12.8 Å². The highest BCUT2D eigenvalue weighted by Crippen LogP contribution is 2.35. The molecule has 0 spiro atoms. The predicted octanol–water partition coefficient (Wildman–Crippen LogP) is 0.664. The number of ketones is 1. The molecule has 4 heteroatoms. The smallest absolute Gasteiger partial charge is 0.409 e. The van der Waals surface area contributed by atoms with E-state index in [0.717, 1.165) is 6.42 Å². The highest BCUT2D eigenvalue weighted by molar-refractivity contribution is 5.85. The van der Waals surface area contributed by atoms with Crippen molar-refractivity contribution in [2.75, 3.05) is 20.2 Å². The maximum absolute atomic E-state index is 11.3. The largest absolute Gasteiger partial charge is 0.453 e. The molecule has 0 aromatic heterocycles. The summed E-state index contributed by atoms with van der Waals surface area (Å²) in [6, 6.07) is 0. The second-order valence-electron chi connectivity index (χ2n) is 3.75. The van der Waals surface area contributed by atoms with Crippen LogP contribution in [0.3, 0.4) is 0 Å². The number of nitrogens with zero attached hydrogens (tertiary/aromatic N) is 1. The van der Waals surface area contributed by atoms with Gasteiger partial charge < -0.3 is 9.64 Å². The zero-order valence-electron chi connectivity index (χ0n) is 7.66. The van der Waals surface area contributed by atoms with E-state index in [1.807, 2.05) is 0 Å². The lowest BCUT2D eigenvalue weighted by Crippen LogP contribution is -2.30. The van der Waals surface area contributed by atoms with Gasteiger partial charge in [0, 0.05) is 25.4 Å². The highest BCUT2D eigenvalue weighted by atomic mass is 16.5. The molecule has 1 saturated carbocycles. The van der Waals surface area contributed by atoms with Crippen LogP contribution in [0.4, 0.5) is 4.79 Å². The van der Waals surface area contributed by atoms with Crippen molar-refractivity contribution in [2.45, 2.75) is 12.8 Å². The molecule has 0 aromatic rings. The number of rotatable bonds is 0. The minimum Gasteiger partial charge on any atom is -0.453 e. The molecule has 0 N–H and O–H groups in total. The first kappa shape index (κ1) is 8.53. The Hall–Kier alpha value is -1.06. The number of fused-ring (bicyclic) bond motifs is 1. The third-order valence-corrected chi connectivity index (χ3v) is 3.05. The zero-order valence-corrected chi connectivity index (χ0v) is 7.66. The maximum atomic E-state index is 11.3. The van der Waals surface area contributed by atoms with E-state index in [4.69, 9.17) is 0 Å². The Kier molecular flexibility index (Phi) is 1.98. The van der Waals surface area contributed by atoms with Crippen LogP contribution in [0, 0.1) is 11.8 Å². The maximum Gasteiger partial charge on any atom is 0.409 e. The Balaban J connectivity index is 2.02. The van der Waals surface area contributed by atoms with Crippen LogP contribution >= 0.6 is 0 Å². The molecule has 2 unspecified atom stereocenters. The number of Topliss-reactive ketones (excluding diaryl/α,β-unsaturated/α-hetero) is 1. The van der Waals surface area contributed by atoms with Crippen molar-refractivity contribution in [1.29, 1.82) is 0 Å². The van der Waals surface area contributed by atoms with E-state index in [0.29, 0.717) is 31.2 Å². The third-order valence-electron chi connectivity index (χ3n) is 3.05. The van der Waals surface area contributed by atoms with Gasteiger partial charge in [0.15, 0.2) is 0 Å². The van der Waals surface area contributed by atoms with E-state index in [1.54, 1.807) is 4.90 Å². The Bertz CT molecular complexity index is 251. The molecule has 72 valence electrons. The second kappa shape index (κ2) is 3.01. The van der Waals surface area contributed by atoms with E-state index in [1.165, 1.54) is 7.11 Å². The topological polar surface area (TPSA) is 46.6 Å². The first-order valence-corrected chi connectivity index (χ1v) is 4.58. The monoisotopic (exact) mass is 183 g/mol. The van der Waals surface area contributed by atoms with Gasteiger partial charge >= 0.3 is 6.09 Å². The normalized spacial score (nSPS) is 32.1. The molecule has 1 saturated heterocycles. The van der Waals surface area contributed by atoms with Gasteiger partial charge in [0.2, 0.25) is 0 Å². The van der Waals surface area contributed by atoms with E-state index in [-0.39, 0.29) is 12.0 Å². The van der Waals surface area contributed by atoms with Crippen molar-refractivity contribution in [2.24, 2.45) is 11.8 Å². The number of carbonyl (C=O) groups excluding carboxylic acids is 2. The van der Waals surface area contributed by atoms with Gasteiger partial charge in [-0.05, 0) is 12.3 Å². The summed E-state index contributed by atoms with van der Waals surface area (Å²) in [4.78, 5) is 24.1. The summed E-state index contributed by atoms with van der Waals surface area (Å²) < 4.78 is 4.61. The molecule has 1 aliphatic heterocycles. The minimum atomic E-state index is -0.304. The predicted molar refractivity (Wildman–Crippen MR) is 45.2 cm³/mol. The molecule has 2 rings (SSSR count). The first-order chi connectivity index (χ1) is 6.22. The molecule has 2 aliphatic rings. The van der Waals surface area contributed by atoms with Crippen molar-refractivity contribution in [3.8, 4) is 0 Å². The molecule has 0 radical (unpaired) electrons. The van der Waals surface area contributed by atoms with E-state index in [2.05, 4.69) is 4.74 Å². The third kappa shape index (κ3) is 1.30. The lowest BCUT2D eigenvalue weighted by Gasteiger charge is -2.14. The molecule has 1 amide bonds. The summed E-state index contributed by atoms with van der Waals surface area (Å²) in [6.07, 6.45) is 1.34. The SMILES string of the molecule is COC(=O)N1CC2CCC(=O)C2C1. The van der Waals surface area contributed by atoms with Crippen molar-refractivity contribution in [1.82, 2.24) is 4.90 Å². The van der Waals surface area contributed by atoms with Crippen LogP contribution in [-0.4, -0.2) is 37.0 Å². The van der Waals surface area contributed by atoms with Gasteiger partial charge in [-0.1, -0.05) is 0 Å². The Morgan fingerprint density at radius 2 is 2.31 bits per heavy atom. The van der Waals surface area contributed by atoms with Gasteiger partial charge in [0.25, 0.3) is 0 Å². The van der Waals surface area contributed by atoms with Gasteiger partial charge in [-0.2, -0.15) is 0 Å². The molecular weight excluding hydrogens is 170 g/mol. The molecule has 2 fully saturated rings. The second-order valence-corrected chi connectivity index (χ2v) is 3.75. The Morgan fingerprint density at radius 1 is 1.54 bits per heavy atom. The molecule has 1 heterocycles. The van der Waals surface area contributed by atoms with Gasteiger partial charge in [-0.15, -0.1) is 0 Å². The van der Waals surface area contributed by atoms with Crippen molar-refractivity contribution >= 4 is 11.9 Å². The quantitative estimate of drug-likeness (QED) is 0.554. The Labute approximate surface area is 76.8 Å². The van der Waals surface area contributed by atoms with Crippen LogP contribution in [0.15, 0.2) is 0 Å². The molecule has 1 aliphatic carbocycles. The summed E-state index contributed by atoms with van der Waals surface area (Å²) in [5.74, 6) is 0.808. The Morgan fingerprint density at radius 3 is 2.92 bits per heavy atom. The fourth-order valence-electron chi connectivity index (χ4n) is 2.32. The van der Waals surface area contributed by atoms with Crippen LogP contribution in [0.5, 0.6) is 0 Å². The van der Waals surface area contributed by atoms with E-state index < -0.39 is 0 Å². The van der Waals surface area contributed by atoms with E-state index >= 15 is 0 Å². The average Bonchev–Trinajstić information content (AvgIpc) is 2.67. The number of likely N-dealkylation sites (tertiary alicyclic amines) is 1. The lowest BCUT2D eigenvalue weighted by atomic mass is 10.0. The summed E-state index contributed by atoms with van der Waals surface area (Å²) in [5, 5.41) is 0. The molecule has 0 aromatic carbocycles. The van der Waals surface area contributed by atoms with Gasteiger partial charge in [0.1, 0.15) is 5.78 Å². The summed E-state index contributed by atoms with van der Waals surface area (Å²) in [6.45, 7) is 1.26. The highest BCUT2D eigenvalue weighted by Gasteiger charge is 2.43. The van der Waals surface area contributed by atoms with E-state index in [9.17, 15) is 9.59 Å². The van der Waals surface area contributed by atoms with Gasteiger partial charge in [0.05, 0.1) is 7.11 Å². The number of hydrogen-bond donors (Lipinski definition) is 0. The molecular formula is C9H13NO3. The van der Waals surface area contributed by atoms with Crippen molar-refractivity contribution in [3.63, 3.8) is 0 Å². The van der Waals surface area contributed by atoms with Crippen LogP contribution < -0.4 is 0 Å². The molecule has 0 bridgehead atoms. The standard InChI is InChI=1S/C9H13NO3/c1-13-9(12)10-4-6-2-3-8(11)7(6)5-10/h6-7H,2-5H2,1H3. The van der Waals surface area contributed by atoms with Crippen LogP contribution in [0.25, 0.3) is 0 Å².